The lowest BCUT2D eigenvalue weighted by Crippen LogP contribution is -2.39. The molecule has 1 heterocycles. The van der Waals surface area contributed by atoms with Crippen molar-refractivity contribution in [3.8, 4) is 0 Å². The number of hydrogen-bond donors (Lipinski definition) is 1. The van der Waals surface area contributed by atoms with E-state index >= 15 is 0 Å². The Morgan fingerprint density at radius 2 is 2.05 bits per heavy atom. The molecule has 1 fully saturated rings. The summed E-state index contributed by atoms with van der Waals surface area (Å²) in [7, 11) is -0.792. The lowest BCUT2D eigenvalue weighted by molar-refractivity contribution is 0.0256. The van der Waals surface area contributed by atoms with Crippen molar-refractivity contribution in [1.29, 1.82) is 0 Å². The monoisotopic (exact) mass is 318 g/mol. The lowest BCUT2D eigenvalue weighted by Gasteiger charge is -2.26. The summed E-state index contributed by atoms with van der Waals surface area (Å²) < 4.78 is 16.8. The molecular weight excluding hydrogens is 288 g/mol. The average Bonchev–Trinajstić information content (AvgIpc) is 2.59. The minimum Gasteiger partial charge on any atom is -0.444 e. The molecule has 0 saturated carbocycles. The molecule has 1 amide bonds. The summed E-state index contributed by atoms with van der Waals surface area (Å²) in [5.74, 6) is 0. The van der Waals surface area contributed by atoms with Crippen LogP contribution >= 0.6 is 0 Å². The molecule has 0 aromatic heterocycles. The van der Waals surface area contributed by atoms with Crippen LogP contribution in [0.4, 0.5) is 4.79 Å². The molecule has 0 radical (unpaired) electrons. The zero-order chi connectivity index (χ0) is 16.0. The molecule has 1 aliphatic rings. The van der Waals surface area contributed by atoms with Crippen molar-refractivity contribution < 1.29 is 13.7 Å². The van der Waals surface area contributed by atoms with Crippen LogP contribution < -0.4 is 5.32 Å². The first kappa shape index (κ1) is 18.4. The van der Waals surface area contributed by atoms with Crippen LogP contribution in [0.5, 0.6) is 0 Å². The van der Waals surface area contributed by atoms with E-state index in [4.69, 9.17) is 4.74 Å². The quantitative estimate of drug-likeness (QED) is 0.863. The van der Waals surface area contributed by atoms with Crippen LogP contribution in [0.15, 0.2) is 0 Å². The number of carbonyl (C=O) groups excluding carboxylic acids is 1. The van der Waals surface area contributed by atoms with E-state index in [0.717, 1.165) is 38.9 Å². The van der Waals surface area contributed by atoms with Gasteiger partial charge in [0, 0.05) is 48.0 Å². The van der Waals surface area contributed by atoms with Gasteiger partial charge in [-0.05, 0) is 47.0 Å². The van der Waals surface area contributed by atoms with Crippen molar-refractivity contribution >= 4 is 16.9 Å². The maximum Gasteiger partial charge on any atom is 0.410 e. The van der Waals surface area contributed by atoms with Gasteiger partial charge in [0.25, 0.3) is 0 Å². The Morgan fingerprint density at radius 3 is 2.62 bits per heavy atom. The zero-order valence-electron chi connectivity index (χ0n) is 14.0. The Labute approximate surface area is 131 Å². The number of nitrogens with one attached hydrogen (secondary N) is 1. The van der Waals surface area contributed by atoms with Crippen LogP contribution in [0.3, 0.4) is 0 Å². The topological polar surface area (TPSA) is 58.6 Å². The summed E-state index contributed by atoms with van der Waals surface area (Å²) in [5.41, 5.74) is -0.443. The maximum atomic E-state index is 12.1. The fraction of sp³-hybridized carbons (Fsp3) is 0.933. The van der Waals surface area contributed by atoms with Gasteiger partial charge in [0.15, 0.2) is 0 Å². The van der Waals surface area contributed by atoms with Crippen LogP contribution in [0, 0.1) is 0 Å². The summed E-state index contributed by atoms with van der Waals surface area (Å²) >= 11 is 0. The molecule has 0 aromatic rings. The summed E-state index contributed by atoms with van der Waals surface area (Å²) in [6.45, 7) is 9.89. The second-order valence-corrected chi connectivity index (χ2v) is 8.61. The highest BCUT2D eigenvalue weighted by atomic mass is 32.2. The van der Waals surface area contributed by atoms with E-state index in [1.807, 2.05) is 27.7 Å². The Bertz CT molecular complexity index is 368. The number of hydrogen-bond acceptors (Lipinski definition) is 4. The van der Waals surface area contributed by atoms with Crippen molar-refractivity contribution in [3.05, 3.63) is 0 Å². The average molecular weight is 318 g/mol. The SMILES string of the molecule is C[C@H](CN[C@@H]1CCCN(C(=O)OC(C)(C)C)CC1)[S@](C)=O. The van der Waals surface area contributed by atoms with E-state index in [9.17, 15) is 9.00 Å². The van der Waals surface area contributed by atoms with Gasteiger partial charge in [-0.3, -0.25) is 4.21 Å². The third-order valence-electron chi connectivity index (χ3n) is 3.64. The van der Waals surface area contributed by atoms with E-state index in [1.165, 1.54) is 0 Å². The van der Waals surface area contributed by atoms with Gasteiger partial charge < -0.3 is 15.0 Å². The molecule has 0 bridgehead atoms. The molecule has 1 N–H and O–H groups in total. The van der Waals surface area contributed by atoms with Gasteiger partial charge in [-0.25, -0.2) is 4.79 Å². The van der Waals surface area contributed by atoms with Gasteiger partial charge >= 0.3 is 6.09 Å². The van der Waals surface area contributed by atoms with Crippen LogP contribution in [-0.2, 0) is 15.5 Å². The van der Waals surface area contributed by atoms with Crippen molar-refractivity contribution in [2.75, 3.05) is 25.9 Å². The Kier molecular flexibility index (Phi) is 7.13. The molecule has 0 unspecified atom stereocenters. The van der Waals surface area contributed by atoms with Gasteiger partial charge in [-0.2, -0.15) is 0 Å². The molecule has 3 atom stereocenters. The summed E-state index contributed by atoms with van der Waals surface area (Å²) in [4.78, 5) is 13.9. The Hall–Kier alpha value is -0.620. The Balaban J connectivity index is 2.40. The molecule has 1 rings (SSSR count). The lowest BCUT2D eigenvalue weighted by atomic mass is 10.1. The summed E-state index contributed by atoms with van der Waals surface area (Å²) in [5, 5.41) is 3.64. The predicted octanol–water partition coefficient (Wildman–Crippen LogP) is 2.13. The summed E-state index contributed by atoms with van der Waals surface area (Å²) in [6.07, 6.45) is 4.46. The predicted molar refractivity (Wildman–Crippen MR) is 87.0 cm³/mol. The van der Waals surface area contributed by atoms with E-state index in [1.54, 1.807) is 11.2 Å². The standard InChI is InChI=1S/C15H30N2O3S/c1-12(21(5)19)11-16-13-7-6-9-17(10-8-13)14(18)20-15(2,3)4/h12-13,16H,6-11H2,1-5H3/t12-,13-,21+/m1/s1. The molecule has 0 aromatic carbocycles. The number of ether oxygens (including phenoxy) is 1. The van der Waals surface area contributed by atoms with Crippen molar-refractivity contribution in [2.24, 2.45) is 0 Å². The highest BCUT2D eigenvalue weighted by Crippen LogP contribution is 2.15. The molecule has 1 aliphatic heterocycles. The van der Waals surface area contributed by atoms with Crippen LogP contribution in [0.2, 0.25) is 0 Å². The third kappa shape index (κ3) is 7.27. The third-order valence-corrected chi connectivity index (χ3v) is 4.94. The number of nitrogens with zero attached hydrogens (tertiary/aromatic N) is 1. The first-order valence-corrected chi connectivity index (χ1v) is 9.34. The second-order valence-electron chi connectivity index (χ2n) is 6.81. The van der Waals surface area contributed by atoms with Crippen molar-refractivity contribution in [3.63, 3.8) is 0 Å². The van der Waals surface area contributed by atoms with Gasteiger partial charge in [0.1, 0.15) is 5.60 Å². The molecule has 5 nitrogen and oxygen atoms in total. The smallest absolute Gasteiger partial charge is 0.410 e. The van der Waals surface area contributed by atoms with E-state index < -0.39 is 16.4 Å². The van der Waals surface area contributed by atoms with Crippen LogP contribution in [-0.4, -0.2) is 58.0 Å². The number of rotatable bonds is 4. The molecule has 124 valence electrons. The van der Waals surface area contributed by atoms with E-state index in [2.05, 4.69) is 5.32 Å². The fourth-order valence-corrected chi connectivity index (χ4v) is 2.59. The van der Waals surface area contributed by atoms with E-state index in [0.29, 0.717) is 6.04 Å². The Morgan fingerprint density at radius 1 is 1.38 bits per heavy atom. The van der Waals surface area contributed by atoms with Crippen LogP contribution in [0.1, 0.15) is 47.0 Å². The van der Waals surface area contributed by atoms with Gasteiger partial charge in [-0.1, -0.05) is 0 Å². The van der Waals surface area contributed by atoms with Gasteiger partial charge in [0.05, 0.1) is 0 Å². The molecule has 6 heteroatoms. The summed E-state index contributed by atoms with van der Waals surface area (Å²) in [6, 6.07) is 0.392. The number of amides is 1. The second kappa shape index (κ2) is 8.13. The fourth-order valence-electron chi connectivity index (χ4n) is 2.26. The molecule has 1 saturated heterocycles. The van der Waals surface area contributed by atoms with Crippen LogP contribution in [0.25, 0.3) is 0 Å². The van der Waals surface area contributed by atoms with Crippen molar-refractivity contribution in [1.82, 2.24) is 10.2 Å². The molecule has 0 aliphatic carbocycles. The molecule has 21 heavy (non-hydrogen) atoms. The van der Waals surface area contributed by atoms with Gasteiger partial charge in [0.2, 0.25) is 0 Å². The zero-order valence-corrected chi connectivity index (χ0v) is 14.8. The minimum atomic E-state index is -0.792. The number of likely N-dealkylation sites (tertiary alicyclic amines) is 1. The van der Waals surface area contributed by atoms with Gasteiger partial charge in [-0.15, -0.1) is 0 Å². The first-order chi connectivity index (χ1) is 9.69. The highest BCUT2D eigenvalue weighted by molar-refractivity contribution is 7.84. The molecule has 0 spiro atoms. The van der Waals surface area contributed by atoms with Crippen molar-refractivity contribution in [2.45, 2.75) is 63.9 Å². The maximum absolute atomic E-state index is 12.1. The largest absolute Gasteiger partial charge is 0.444 e. The number of carbonyl (C=O) groups is 1. The van der Waals surface area contributed by atoms with E-state index in [-0.39, 0.29) is 11.3 Å². The highest BCUT2D eigenvalue weighted by Gasteiger charge is 2.25. The minimum absolute atomic E-state index is 0.162. The first-order valence-electron chi connectivity index (χ1n) is 7.72. The normalized spacial score (nSPS) is 23.3. The molecular formula is C15H30N2O3S.